The van der Waals surface area contributed by atoms with Crippen molar-refractivity contribution in [1.82, 2.24) is 4.57 Å². The molecular weight excluding hydrogens is 269 g/mol. The molecule has 0 amide bonds. The molecule has 1 aromatic heterocycles. The molecule has 1 aromatic carbocycles. The Bertz CT molecular complexity index is 694. The maximum atomic E-state index is 13.1. The van der Waals surface area contributed by atoms with Gasteiger partial charge in [0.2, 0.25) is 10.0 Å². The van der Waals surface area contributed by atoms with Crippen LogP contribution in [-0.2, 0) is 16.6 Å². The van der Waals surface area contributed by atoms with Crippen molar-refractivity contribution in [1.29, 1.82) is 0 Å². The number of sulfonamides is 1. The van der Waals surface area contributed by atoms with Gasteiger partial charge in [0.1, 0.15) is 10.7 Å². The van der Waals surface area contributed by atoms with Gasteiger partial charge in [0.05, 0.1) is 6.54 Å². The highest BCUT2D eigenvalue weighted by atomic mass is 32.2. The van der Waals surface area contributed by atoms with Crippen LogP contribution in [0, 0.1) is 5.82 Å². The van der Waals surface area contributed by atoms with Crippen molar-refractivity contribution in [2.75, 3.05) is 0 Å². The van der Waals surface area contributed by atoms with Crippen LogP contribution in [0.2, 0.25) is 0 Å². The van der Waals surface area contributed by atoms with Crippen LogP contribution in [-0.4, -0.2) is 19.4 Å². The number of rotatable bonds is 3. The fraction of sp³-hybridized carbons (Fsp3) is 0.200. The zero-order valence-electron chi connectivity index (χ0n) is 8.98. The van der Waals surface area contributed by atoms with Gasteiger partial charge in [-0.2, -0.15) is 0 Å². The summed E-state index contributed by atoms with van der Waals surface area (Å²) in [6.45, 7) is -0.683. The van der Waals surface area contributed by atoms with E-state index in [-0.39, 0.29) is 15.8 Å². The fourth-order valence-electron chi connectivity index (χ4n) is 1.76. The van der Waals surface area contributed by atoms with Gasteiger partial charge in [0, 0.05) is 17.1 Å². The van der Waals surface area contributed by atoms with Crippen LogP contribution in [0.15, 0.2) is 29.3 Å². The first kappa shape index (κ1) is 12.9. The quantitative estimate of drug-likeness (QED) is 0.928. The Morgan fingerprint density at radius 3 is 2.56 bits per heavy atom. The second-order valence-electron chi connectivity index (χ2n) is 3.74. The van der Waals surface area contributed by atoms with Crippen LogP contribution in [0.25, 0.3) is 10.9 Å². The lowest BCUT2D eigenvalue weighted by atomic mass is 10.2. The van der Waals surface area contributed by atoms with Gasteiger partial charge >= 0.3 is 0 Å². The van der Waals surface area contributed by atoms with Gasteiger partial charge in [-0.05, 0) is 18.2 Å². The van der Waals surface area contributed by atoms with Crippen molar-refractivity contribution in [2.45, 2.75) is 17.9 Å². The zero-order valence-corrected chi connectivity index (χ0v) is 9.79. The van der Waals surface area contributed by atoms with Gasteiger partial charge in [-0.1, -0.05) is 0 Å². The van der Waals surface area contributed by atoms with Crippen LogP contribution < -0.4 is 5.14 Å². The van der Waals surface area contributed by atoms with Crippen molar-refractivity contribution >= 4 is 20.9 Å². The van der Waals surface area contributed by atoms with Gasteiger partial charge in [-0.15, -0.1) is 0 Å². The number of aromatic nitrogens is 1. The highest BCUT2D eigenvalue weighted by molar-refractivity contribution is 7.89. The molecule has 0 unspecified atom stereocenters. The molecule has 4 nitrogen and oxygen atoms in total. The van der Waals surface area contributed by atoms with Crippen LogP contribution in [0.4, 0.5) is 13.2 Å². The molecule has 18 heavy (non-hydrogen) atoms. The highest BCUT2D eigenvalue weighted by Crippen LogP contribution is 2.26. The first-order valence-electron chi connectivity index (χ1n) is 4.88. The monoisotopic (exact) mass is 278 g/mol. The molecule has 0 atom stereocenters. The van der Waals surface area contributed by atoms with Crippen molar-refractivity contribution < 1.29 is 21.6 Å². The van der Waals surface area contributed by atoms with E-state index >= 15 is 0 Å². The number of halogens is 3. The van der Waals surface area contributed by atoms with Crippen molar-refractivity contribution in [3.63, 3.8) is 0 Å². The maximum Gasteiger partial charge on any atom is 0.256 e. The van der Waals surface area contributed by atoms with Gasteiger partial charge < -0.3 is 4.57 Å². The summed E-state index contributed by atoms with van der Waals surface area (Å²) in [5.74, 6) is -0.665. The normalized spacial score (nSPS) is 12.5. The lowest BCUT2D eigenvalue weighted by Gasteiger charge is -2.03. The molecule has 2 aromatic rings. The third-order valence-corrected chi connectivity index (χ3v) is 3.39. The SMILES string of the molecule is NS(=O)(=O)c1cn(CC(F)F)c2ccc(F)cc12. The van der Waals surface area contributed by atoms with E-state index in [9.17, 15) is 21.6 Å². The summed E-state index contributed by atoms with van der Waals surface area (Å²) in [5.41, 5.74) is 0.195. The molecule has 0 fully saturated rings. The van der Waals surface area contributed by atoms with Gasteiger partial charge in [0.15, 0.2) is 0 Å². The van der Waals surface area contributed by atoms with E-state index < -0.39 is 28.8 Å². The Morgan fingerprint density at radius 1 is 1.33 bits per heavy atom. The molecule has 0 aliphatic carbocycles. The number of primary sulfonamides is 1. The molecule has 0 spiro atoms. The molecule has 0 bridgehead atoms. The van der Waals surface area contributed by atoms with Crippen LogP contribution in [0.1, 0.15) is 0 Å². The standard InChI is InChI=1S/C10H9F3N2O2S/c11-6-1-2-8-7(3-6)9(18(14,16)17)4-15(8)5-10(12)13/h1-4,10H,5H2,(H2,14,16,17). The third-order valence-electron chi connectivity index (χ3n) is 2.45. The topological polar surface area (TPSA) is 65.1 Å². The number of alkyl halides is 2. The molecular formula is C10H9F3N2O2S. The lowest BCUT2D eigenvalue weighted by Crippen LogP contribution is -2.12. The summed E-state index contributed by atoms with van der Waals surface area (Å²) in [6.07, 6.45) is -1.66. The summed E-state index contributed by atoms with van der Waals surface area (Å²) in [5, 5.41) is 4.96. The zero-order chi connectivity index (χ0) is 13.5. The number of benzene rings is 1. The summed E-state index contributed by atoms with van der Waals surface area (Å²) in [6, 6.07) is 3.26. The molecule has 2 N–H and O–H groups in total. The first-order valence-corrected chi connectivity index (χ1v) is 6.43. The lowest BCUT2D eigenvalue weighted by molar-refractivity contribution is 0.128. The molecule has 0 aliphatic heterocycles. The van der Waals surface area contributed by atoms with Crippen molar-refractivity contribution in [3.8, 4) is 0 Å². The minimum Gasteiger partial charge on any atom is -0.340 e. The van der Waals surface area contributed by atoms with E-state index in [4.69, 9.17) is 5.14 Å². The molecule has 0 aliphatic rings. The van der Waals surface area contributed by atoms with E-state index in [1.165, 1.54) is 6.07 Å². The summed E-state index contributed by atoms with van der Waals surface area (Å²) in [4.78, 5) is -0.363. The fourth-order valence-corrected chi connectivity index (χ4v) is 2.51. The molecule has 98 valence electrons. The van der Waals surface area contributed by atoms with E-state index in [2.05, 4.69) is 0 Å². The van der Waals surface area contributed by atoms with Crippen LogP contribution in [0.5, 0.6) is 0 Å². The predicted molar refractivity (Wildman–Crippen MR) is 59.3 cm³/mol. The Kier molecular flexibility index (Phi) is 3.07. The molecule has 0 radical (unpaired) electrons. The molecule has 0 saturated heterocycles. The Balaban J connectivity index is 2.75. The number of hydrogen-bond donors (Lipinski definition) is 1. The smallest absolute Gasteiger partial charge is 0.256 e. The highest BCUT2D eigenvalue weighted by Gasteiger charge is 2.19. The van der Waals surface area contributed by atoms with Crippen LogP contribution >= 0.6 is 0 Å². The Labute approximate surface area is 101 Å². The van der Waals surface area contributed by atoms with Gasteiger partial charge in [-0.3, -0.25) is 0 Å². The Hall–Kier alpha value is -1.54. The molecule has 0 saturated carbocycles. The number of nitrogens with zero attached hydrogens (tertiary/aromatic N) is 1. The number of fused-ring (bicyclic) bond motifs is 1. The maximum absolute atomic E-state index is 13.1. The average Bonchev–Trinajstić information content (AvgIpc) is 2.55. The number of nitrogens with two attached hydrogens (primary N) is 1. The van der Waals surface area contributed by atoms with E-state index in [0.29, 0.717) is 0 Å². The summed E-state index contributed by atoms with van der Waals surface area (Å²) < 4.78 is 61.5. The summed E-state index contributed by atoms with van der Waals surface area (Å²) >= 11 is 0. The molecule has 1 heterocycles. The van der Waals surface area contributed by atoms with E-state index in [1.54, 1.807) is 0 Å². The molecule has 2 rings (SSSR count). The Morgan fingerprint density at radius 2 is 2.00 bits per heavy atom. The minimum atomic E-state index is -4.09. The average molecular weight is 278 g/mol. The van der Waals surface area contributed by atoms with E-state index in [1.807, 2.05) is 0 Å². The third kappa shape index (κ3) is 2.34. The molecule has 8 heteroatoms. The van der Waals surface area contributed by atoms with E-state index in [0.717, 1.165) is 22.9 Å². The van der Waals surface area contributed by atoms with Gasteiger partial charge in [-0.25, -0.2) is 26.7 Å². The summed E-state index contributed by atoms with van der Waals surface area (Å²) in [7, 11) is -4.09. The minimum absolute atomic E-state index is 0.00171. The largest absolute Gasteiger partial charge is 0.340 e. The predicted octanol–water partition coefficient (Wildman–Crippen LogP) is 1.69. The second kappa shape index (κ2) is 4.29. The first-order chi connectivity index (χ1) is 8.29. The van der Waals surface area contributed by atoms with Crippen LogP contribution in [0.3, 0.4) is 0 Å². The number of hydrogen-bond acceptors (Lipinski definition) is 2. The van der Waals surface area contributed by atoms with Crippen molar-refractivity contribution in [2.24, 2.45) is 5.14 Å². The van der Waals surface area contributed by atoms with Crippen molar-refractivity contribution in [3.05, 3.63) is 30.2 Å². The second-order valence-corrected chi connectivity index (χ2v) is 5.27. The van der Waals surface area contributed by atoms with Gasteiger partial charge in [0.25, 0.3) is 6.43 Å².